The van der Waals surface area contributed by atoms with Gasteiger partial charge in [-0.2, -0.15) is 0 Å². The summed E-state index contributed by atoms with van der Waals surface area (Å²) in [5, 5.41) is 0. The Bertz CT molecular complexity index is 522. The van der Waals surface area contributed by atoms with Crippen LogP contribution >= 0.6 is 0 Å². The van der Waals surface area contributed by atoms with Crippen molar-refractivity contribution in [2.75, 3.05) is 6.54 Å². The molecule has 0 radical (unpaired) electrons. The van der Waals surface area contributed by atoms with Crippen molar-refractivity contribution in [3.05, 3.63) is 71.8 Å². The highest BCUT2D eigenvalue weighted by molar-refractivity contribution is 5.18. The third kappa shape index (κ3) is 3.41. The highest BCUT2D eigenvalue weighted by Crippen LogP contribution is 2.36. The molecule has 1 saturated heterocycles. The third-order valence-corrected chi connectivity index (χ3v) is 5.34. The van der Waals surface area contributed by atoms with Crippen molar-refractivity contribution < 1.29 is 0 Å². The van der Waals surface area contributed by atoms with E-state index in [1.807, 2.05) is 0 Å². The van der Waals surface area contributed by atoms with E-state index in [1.54, 1.807) is 0 Å². The van der Waals surface area contributed by atoms with Crippen molar-refractivity contribution in [2.45, 2.75) is 45.2 Å². The molecule has 1 aliphatic rings. The van der Waals surface area contributed by atoms with Gasteiger partial charge in [0.05, 0.1) is 0 Å². The van der Waals surface area contributed by atoms with Gasteiger partial charge in [0, 0.05) is 12.1 Å². The maximum absolute atomic E-state index is 2.68. The molecule has 22 heavy (non-hydrogen) atoms. The molecule has 0 N–H and O–H groups in total. The van der Waals surface area contributed by atoms with Crippen LogP contribution in [0.2, 0.25) is 0 Å². The standard InChI is InChI=1S/C21H27N/c1-21(2)20(16-18-10-5-3-6-11-18)14-9-15-22(21)17-19-12-7-4-8-13-19/h3-8,10-13,20H,9,14-17H2,1-2H3. The molecule has 2 aromatic carbocycles. The molecule has 0 aliphatic carbocycles. The number of piperidine rings is 1. The van der Waals surface area contributed by atoms with Gasteiger partial charge >= 0.3 is 0 Å². The van der Waals surface area contributed by atoms with E-state index in [0.717, 1.165) is 12.5 Å². The summed E-state index contributed by atoms with van der Waals surface area (Å²) in [4.78, 5) is 2.68. The van der Waals surface area contributed by atoms with Crippen molar-refractivity contribution in [3.63, 3.8) is 0 Å². The largest absolute Gasteiger partial charge is 0.294 e. The molecule has 0 aromatic heterocycles. The van der Waals surface area contributed by atoms with Gasteiger partial charge in [0.25, 0.3) is 0 Å². The molecule has 0 bridgehead atoms. The quantitative estimate of drug-likeness (QED) is 0.773. The highest BCUT2D eigenvalue weighted by atomic mass is 15.2. The van der Waals surface area contributed by atoms with E-state index in [4.69, 9.17) is 0 Å². The fourth-order valence-corrected chi connectivity index (χ4v) is 3.77. The average Bonchev–Trinajstić information content (AvgIpc) is 2.53. The van der Waals surface area contributed by atoms with E-state index in [2.05, 4.69) is 79.4 Å². The minimum absolute atomic E-state index is 0.254. The smallest absolute Gasteiger partial charge is 0.0239 e. The molecule has 0 saturated carbocycles. The molecule has 0 amide bonds. The zero-order valence-corrected chi connectivity index (χ0v) is 13.8. The summed E-state index contributed by atoms with van der Waals surface area (Å²) in [6.07, 6.45) is 3.85. The van der Waals surface area contributed by atoms with Gasteiger partial charge in [0.2, 0.25) is 0 Å². The van der Waals surface area contributed by atoms with E-state index < -0.39 is 0 Å². The molecule has 1 atom stereocenters. The predicted octanol–water partition coefficient (Wildman–Crippen LogP) is 4.92. The van der Waals surface area contributed by atoms with Gasteiger partial charge in [0.15, 0.2) is 0 Å². The second kappa shape index (κ2) is 6.66. The minimum atomic E-state index is 0.254. The van der Waals surface area contributed by atoms with Crippen LogP contribution in [0.3, 0.4) is 0 Å². The second-order valence-electron chi connectivity index (χ2n) is 7.09. The van der Waals surface area contributed by atoms with Gasteiger partial charge in [-0.05, 0) is 56.7 Å². The molecular formula is C21H27N. The highest BCUT2D eigenvalue weighted by Gasteiger charge is 2.38. The van der Waals surface area contributed by atoms with Crippen LogP contribution in [0, 0.1) is 5.92 Å². The summed E-state index contributed by atoms with van der Waals surface area (Å²) in [5.74, 6) is 0.729. The van der Waals surface area contributed by atoms with Crippen molar-refractivity contribution in [2.24, 2.45) is 5.92 Å². The second-order valence-corrected chi connectivity index (χ2v) is 7.09. The van der Waals surface area contributed by atoms with Crippen LogP contribution in [-0.4, -0.2) is 17.0 Å². The zero-order chi connectivity index (χ0) is 15.4. The molecule has 1 unspecified atom stereocenters. The van der Waals surface area contributed by atoms with Crippen LogP contribution in [0.1, 0.15) is 37.8 Å². The molecule has 1 heteroatoms. The average molecular weight is 293 g/mol. The van der Waals surface area contributed by atoms with Gasteiger partial charge in [-0.25, -0.2) is 0 Å². The molecule has 3 rings (SSSR count). The number of hydrogen-bond donors (Lipinski definition) is 0. The van der Waals surface area contributed by atoms with E-state index >= 15 is 0 Å². The lowest BCUT2D eigenvalue weighted by Gasteiger charge is -2.48. The van der Waals surface area contributed by atoms with E-state index in [0.29, 0.717) is 0 Å². The van der Waals surface area contributed by atoms with Crippen LogP contribution in [0.5, 0.6) is 0 Å². The first-order valence-corrected chi connectivity index (χ1v) is 8.49. The first kappa shape index (κ1) is 15.3. The molecule has 1 aliphatic heterocycles. The molecular weight excluding hydrogens is 266 g/mol. The van der Waals surface area contributed by atoms with Crippen LogP contribution in [0.15, 0.2) is 60.7 Å². The Hall–Kier alpha value is -1.60. The van der Waals surface area contributed by atoms with Gasteiger partial charge < -0.3 is 0 Å². The molecule has 1 heterocycles. The molecule has 116 valence electrons. The SMILES string of the molecule is CC1(C)C(Cc2ccccc2)CCCN1Cc1ccccc1. The number of likely N-dealkylation sites (tertiary alicyclic amines) is 1. The maximum Gasteiger partial charge on any atom is 0.0239 e. The van der Waals surface area contributed by atoms with Crippen LogP contribution in [0.4, 0.5) is 0 Å². The number of rotatable bonds is 4. The minimum Gasteiger partial charge on any atom is -0.294 e. The number of hydrogen-bond acceptors (Lipinski definition) is 1. The fraction of sp³-hybridized carbons (Fsp3) is 0.429. The van der Waals surface area contributed by atoms with Gasteiger partial charge in [-0.15, -0.1) is 0 Å². The summed E-state index contributed by atoms with van der Waals surface area (Å²) in [5.41, 5.74) is 3.15. The van der Waals surface area contributed by atoms with Crippen molar-refractivity contribution in [1.29, 1.82) is 0 Å². The Balaban J connectivity index is 1.73. The van der Waals surface area contributed by atoms with Gasteiger partial charge in [0.1, 0.15) is 0 Å². The summed E-state index contributed by atoms with van der Waals surface area (Å²) in [7, 11) is 0. The van der Waals surface area contributed by atoms with Crippen LogP contribution in [0.25, 0.3) is 0 Å². The normalized spacial score (nSPS) is 21.6. The number of nitrogens with zero attached hydrogens (tertiary/aromatic N) is 1. The summed E-state index contributed by atoms with van der Waals surface area (Å²) in [6.45, 7) is 7.15. The molecule has 0 spiro atoms. The van der Waals surface area contributed by atoms with Crippen molar-refractivity contribution >= 4 is 0 Å². The Labute approximate surface area is 135 Å². The predicted molar refractivity (Wildman–Crippen MR) is 93.8 cm³/mol. The van der Waals surface area contributed by atoms with E-state index in [-0.39, 0.29) is 5.54 Å². The Morgan fingerprint density at radius 1 is 0.909 bits per heavy atom. The Morgan fingerprint density at radius 3 is 2.14 bits per heavy atom. The topological polar surface area (TPSA) is 3.24 Å². The van der Waals surface area contributed by atoms with E-state index in [1.165, 1.54) is 36.9 Å². The van der Waals surface area contributed by atoms with E-state index in [9.17, 15) is 0 Å². The molecule has 2 aromatic rings. The fourth-order valence-electron chi connectivity index (χ4n) is 3.77. The first-order valence-electron chi connectivity index (χ1n) is 8.49. The number of benzene rings is 2. The molecule has 1 fully saturated rings. The third-order valence-electron chi connectivity index (χ3n) is 5.34. The lowest BCUT2D eigenvalue weighted by Crippen LogP contribution is -2.53. The Kier molecular flexibility index (Phi) is 4.63. The lowest BCUT2D eigenvalue weighted by atomic mass is 9.75. The first-order chi connectivity index (χ1) is 10.7. The van der Waals surface area contributed by atoms with Crippen molar-refractivity contribution in [3.8, 4) is 0 Å². The van der Waals surface area contributed by atoms with Crippen LogP contribution < -0.4 is 0 Å². The summed E-state index contributed by atoms with van der Waals surface area (Å²) in [6, 6.07) is 21.9. The van der Waals surface area contributed by atoms with Crippen LogP contribution in [-0.2, 0) is 13.0 Å². The van der Waals surface area contributed by atoms with Gasteiger partial charge in [-0.3, -0.25) is 4.90 Å². The Morgan fingerprint density at radius 2 is 1.50 bits per heavy atom. The summed E-state index contributed by atoms with van der Waals surface area (Å²) < 4.78 is 0. The zero-order valence-electron chi connectivity index (χ0n) is 13.8. The van der Waals surface area contributed by atoms with Gasteiger partial charge in [-0.1, -0.05) is 60.7 Å². The van der Waals surface area contributed by atoms with Crippen molar-refractivity contribution in [1.82, 2.24) is 4.90 Å². The summed E-state index contributed by atoms with van der Waals surface area (Å²) >= 11 is 0. The monoisotopic (exact) mass is 293 g/mol. The maximum atomic E-state index is 2.68. The lowest BCUT2D eigenvalue weighted by molar-refractivity contribution is 0.0152. The molecule has 1 nitrogen and oxygen atoms in total.